The summed E-state index contributed by atoms with van der Waals surface area (Å²) in [5.74, 6) is -3.54. The third kappa shape index (κ3) is 5.59. The Morgan fingerprint density at radius 2 is 1.82 bits per heavy atom. The van der Waals surface area contributed by atoms with Gasteiger partial charge in [0.25, 0.3) is 11.8 Å². The molecule has 0 radical (unpaired) electrons. The van der Waals surface area contributed by atoms with Crippen molar-refractivity contribution in [1.29, 1.82) is 0 Å². The van der Waals surface area contributed by atoms with Crippen molar-refractivity contribution < 1.29 is 45.4 Å². The zero-order chi connectivity index (χ0) is 32.2. The molecule has 15 heteroatoms. The second-order valence-corrected chi connectivity index (χ2v) is 10.8. The number of hydrogen-bond donors (Lipinski definition) is 2. The Bertz CT molecular complexity index is 1650. The molecule has 2 N–H and O–H groups in total. The number of aliphatic hydroxyl groups is 1. The molecule has 7 nitrogen and oxygen atoms in total. The van der Waals surface area contributed by atoms with Crippen molar-refractivity contribution in [1.82, 2.24) is 15.0 Å². The van der Waals surface area contributed by atoms with Crippen molar-refractivity contribution in [3.63, 3.8) is 0 Å². The highest BCUT2D eigenvalue weighted by Crippen LogP contribution is 2.43. The smallest absolute Gasteiger partial charge is 0.433 e. The van der Waals surface area contributed by atoms with Gasteiger partial charge in [-0.25, -0.2) is 9.40 Å². The van der Waals surface area contributed by atoms with Gasteiger partial charge in [0.15, 0.2) is 0 Å². The number of fused-ring (bicyclic) bond motifs is 1. The van der Waals surface area contributed by atoms with Crippen LogP contribution in [0.5, 0.6) is 0 Å². The number of halogens is 8. The fraction of sp³-hybridized carbons (Fsp3) is 0.276. The summed E-state index contributed by atoms with van der Waals surface area (Å²) >= 11 is 6.18. The van der Waals surface area contributed by atoms with E-state index in [1.807, 2.05) is 0 Å². The van der Waals surface area contributed by atoms with Gasteiger partial charge in [0.05, 0.1) is 17.6 Å². The van der Waals surface area contributed by atoms with Crippen LogP contribution in [0.25, 0.3) is 11.1 Å². The van der Waals surface area contributed by atoms with Gasteiger partial charge in [0.2, 0.25) is 0 Å². The van der Waals surface area contributed by atoms with Gasteiger partial charge in [0.1, 0.15) is 22.8 Å². The summed E-state index contributed by atoms with van der Waals surface area (Å²) in [7, 11) is 0. The Morgan fingerprint density at radius 3 is 2.43 bits per heavy atom. The maximum absolute atomic E-state index is 14.7. The van der Waals surface area contributed by atoms with E-state index in [0.717, 1.165) is 23.2 Å². The van der Waals surface area contributed by atoms with Crippen LogP contribution in [0.2, 0.25) is 5.02 Å². The third-order valence-corrected chi connectivity index (χ3v) is 8.00. The first-order valence-corrected chi connectivity index (χ1v) is 13.4. The van der Waals surface area contributed by atoms with E-state index in [4.69, 9.17) is 11.6 Å². The van der Waals surface area contributed by atoms with Crippen LogP contribution in [0.3, 0.4) is 0 Å². The summed E-state index contributed by atoms with van der Waals surface area (Å²) in [6.07, 6.45) is -8.15. The second kappa shape index (κ2) is 11.1. The first-order valence-electron chi connectivity index (χ1n) is 13.0. The molecule has 0 unspecified atom stereocenters. The van der Waals surface area contributed by atoms with Gasteiger partial charge in [-0.15, -0.1) is 0 Å². The standard InChI is InChI=1S/C29H22ClF7N4O3/c1-27-10-3-11-41(27)40(14-18-19(30)4-2-5-20(18)31)26(44)23(24(27)42)25(43)39-21-8-7-16(28(32,33)34)12-17(21)15-6-9-22(38-13-15)29(35,36)37/h2,4-9,12-13,42H,3,10-11,14H2,1H3,(H,39,43)/t27-/m1/s1. The Hall–Kier alpha value is -4.17. The number of carbonyl (C=O) groups excluding carboxylic acids is 2. The number of alkyl halides is 6. The minimum Gasteiger partial charge on any atom is -0.509 e. The molecule has 3 heterocycles. The molecular weight excluding hydrogens is 621 g/mol. The lowest BCUT2D eigenvalue weighted by Gasteiger charge is -2.46. The van der Waals surface area contributed by atoms with Crippen LogP contribution in [-0.2, 0) is 28.5 Å². The lowest BCUT2D eigenvalue weighted by molar-refractivity contribution is -0.160. The summed E-state index contributed by atoms with van der Waals surface area (Å²) in [4.78, 5) is 30.6. The molecule has 2 aliphatic heterocycles. The second-order valence-electron chi connectivity index (χ2n) is 10.4. The molecule has 1 saturated heterocycles. The van der Waals surface area contributed by atoms with Crippen LogP contribution in [0.4, 0.5) is 36.4 Å². The van der Waals surface area contributed by atoms with E-state index in [2.05, 4.69) is 10.3 Å². The van der Waals surface area contributed by atoms with E-state index in [9.17, 15) is 45.4 Å². The first-order chi connectivity index (χ1) is 20.5. The molecule has 0 saturated carbocycles. The molecule has 3 aromatic rings. The maximum atomic E-state index is 14.7. The van der Waals surface area contributed by atoms with Crippen molar-refractivity contribution in [3.05, 3.63) is 93.7 Å². The molecule has 2 aliphatic rings. The molecule has 2 amide bonds. The molecule has 1 aromatic heterocycles. The number of hydrazine groups is 1. The normalized spacial score (nSPS) is 19.4. The van der Waals surface area contributed by atoms with Gasteiger partial charge in [-0.3, -0.25) is 19.6 Å². The molecule has 1 atom stereocenters. The minimum absolute atomic E-state index is 0.0167. The van der Waals surface area contributed by atoms with Crippen molar-refractivity contribution in [3.8, 4) is 11.1 Å². The van der Waals surface area contributed by atoms with E-state index >= 15 is 0 Å². The predicted molar refractivity (Wildman–Crippen MR) is 144 cm³/mol. The number of aliphatic hydroxyl groups excluding tert-OH is 1. The van der Waals surface area contributed by atoms with Gasteiger partial charge in [-0.1, -0.05) is 23.7 Å². The molecule has 0 aliphatic carbocycles. The molecule has 0 spiro atoms. The largest absolute Gasteiger partial charge is 0.509 e. The summed E-state index contributed by atoms with van der Waals surface area (Å²) in [5, 5.41) is 16.1. The van der Waals surface area contributed by atoms with E-state index in [-0.39, 0.29) is 33.9 Å². The lowest BCUT2D eigenvalue weighted by atomic mass is 9.90. The molecule has 0 bridgehead atoms. The van der Waals surface area contributed by atoms with E-state index in [1.165, 1.54) is 17.1 Å². The van der Waals surface area contributed by atoms with Gasteiger partial charge < -0.3 is 10.4 Å². The topological polar surface area (TPSA) is 85.8 Å². The van der Waals surface area contributed by atoms with Crippen LogP contribution in [0.1, 0.15) is 36.6 Å². The average molecular weight is 643 g/mol. The number of aromatic nitrogens is 1. The summed E-state index contributed by atoms with van der Waals surface area (Å²) in [6, 6.07) is 7.52. The number of nitrogens with zero attached hydrogens (tertiary/aromatic N) is 3. The quantitative estimate of drug-likeness (QED) is 0.228. The number of carbonyl (C=O) groups is 2. The highest BCUT2D eigenvalue weighted by molar-refractivity contribution is 6.31. The molecule has 232 valence electrons. The summed E-state index contributed by atoms with van der Waals surface area (Å²) in [5.41, 5.74) is -5.35. The SMILES string of the molecule is C[C@]12CCCN1N(Cc1c(F)cccc1Cl)C(=O)C(C(=O)Nc1ccc(C(F)(F)F)cc1-c1ccc(C(F)(F)F)nc1)=C2O. The average Bonchev–Trinajstić information content (AvgIpc) is 3.34. The van der Waals surface area contributed by atoms with Gasteiger partial charge >= 0.3 is 12.4 Å². The van der Waals surface area contributed by atoms with Crippen molar-refractivity contribution >= 4 is 29.1 Å². The number of benzene rings is 2. The summed E-state index contributed by atoms with van der Waals surface area (Å²) < 4.78 is 94.5. The zero-order valence-corrected chi connectivity index (χ0v) is 23.4. The van der Waals surface area contributed by atoms with Crippen LogP contribution in [-0.4, -0.2) is 44.0 Å². The van der Waals surface area contributed by atoms with Crippen LogP contribution < -0.4 is 5.32 Å². The number of amides is 2. The molecule has 2 aromatic carbocycles. The Balaban J connectivity index is 1.55. The van der Waals surface area contributed by atoms with Gasteiger partial charge in [0, 0.05) is 40.1 Å². The number of nitrogens with one attached hydrogen (secondary N) is 1. The maximum Gasteiger partial charge on any atom is 0.433 e. The monoisotopic (exact) mass is 642 g/mol. The Morgan fingerprint density at radius 1 is 1.09 bits per heavy atom. The number of pyridine rings is 1. The first kappa shape index (κ1) is 31.3. The van der Waals surface area contributed by atoms with Crippen LogP contribution in [0.15, 0.2) is 66.1 Å². The predicted octanol–water partition coefficient (Wildman–Crippen LogP) is 7.14. The van der Waals surface area contributed by atoms with Crippen molar-refractivity contribution in [2.45, 2.75) is 44.2 Å². The highest BCUT2D eigenvalue weighted by Gasteiger charge is 2.53. The van der Waals surface area contributed by atoms with Gasteiger partial charge in [-0.2, -0.15) is 26.3 Å². The van der Waals surface area contributed by atoms with Crippen molar-refractivity contribution in [2.75, 3.05) is 11.9 Å². The molecule has 5 rings (SSSR count). The third-order valence-electron chi connectivity index (χ3n) is 7.65. The fourth-order valence-electron chi connectivity index (χ4n) is 5.35. The number of hydrogen-bond acceptors (Lipinski definition) is 5. The zero-order valence-electron chi connectivity index (χ0n) is 22.7. The van der Waals surface area contributed by atoms with Crippen LogP contribution in [0, 0.1) is 5.82 Å². The van der Waals surface area contributed by atoms with E-state index in [0.29, 0.717) is 37.2 Å². The van der Waals surface area contributed by atoms with Gasteiger partial charge in [-0.05, 0) is 56.2 Å². The number of rotatable bonds is 5. The highest BCUT2D eigenvalue weighted by atomic mass is 35.5. The lowest BCUT2D eigenvalue weighted by Crippen LogP contribution is -2.60. The summed E-state index contributed by atoms with van der Waals surface area (Å²) in [6.45, 7) is 1.45. The van der Waals surface area contributed by atoms with E-state index < -0.39 is 64.7 Å². The fourth-order valence-corrected chi connectivity index (χ4v) is 5.58. The van der Waals surface area contributed by atoms with Crippen LogP contribution >= 0.6 is 11.6 Å². The molecule has 44 heavy (non-hydrogen) atoms. The molecular formula is C29H22ClF7N4O3. The molecule has 1 fully saturated rings. The number of anilines is 1. The Kier molecular flexibility index (Phi) is 7.87. The van der Waals surface area contributed by atoms with Crippen molar-refractivity contribution in [2.24, 2.45) is 0 Å². The Labute approximate surface area is 250 Å². The minimum atomic E-state index is -4.84. The van der Waals surface area contributed by atoms with E-state index in [1.54, 1.807) is 6.92 Å².